The molecule has 0 saturated carbocycles. The molecule has 0 aromatic heterocycles. The van der Waals surface area contributed by atoms with Crippen LogP contribution in [0.5, 0.6) is 0 Å². The van der Waals surface area contributed by atoms with E-state index in [1.807, 2.05) is 0 Å². The first-order valence-corrected chi connectivity index (χ1v) is 6.16. The van der Waals surface area contributed by atoms with Gasteiger partial charge in [0.15, 0.2) is 0 Å². The van der Waals surface area contributed by atoms with Crippen LogP contribution in [0.2, 0.25) is 5.02 Å². The van der Waals surface area contributed by atoms with Crippen LogP contribution in [0.3, 0.4) is 0 Å². The van der Waals surface area contributed by atoms with Crippen LogP contribution in [0.15, 0.2) is 18.2 Å². The highest BCUT2D eigenvalue weighted by Gasteiger charge is 2.33. The average molecular weight is 279 g/mol. The lowest BCUT2D eigenvalue weighted by atomic mass is 10.0. The summed E-state index contributed by atoms with van der Waals surface area (Å²) >= 11 is 5.87. The van der Waals surface area contributed by atoms with E-state index in [1.165, 1.54) is 18.2 Å². The number of rotatable bonds is 3. The van der Waals surface area contributed by atoms with Crippen LogP contribution in [-0.2, 0) is 0 Å². The van der Waals surface area contributed by atoms with Crippen molar-refractivity contribution in [1.29, 1.82) is 0 Å². The Labute approximate surface area is 109 Å². The lowest BCUT2D eigenvalue weighted by molar-refractivity contribution is 0.0164. The lowest BCUT2D eigenvalue weighted by Crippen LogP contribution is -2.47. The highest BCUT2D eigenvalue weighted by Crippen LogP contribution is 2.34. The number of hydrogen-bond donors (Lipinski definition) is 1. The topological polar surface area (TPSA) is 15.3 Å². The maximum Gasteiger partial charge on any atom is 0.258 e. The maximum atomic E-state index is 13.8. The van der Waals surface area contributed by atoms with Gasteiger partial charge in [-0.1, -0.05) is 17.7 Å². The highest BCUT2D eigenvalue weighted by molar-refractivity contribution is 6.31. The van der Waals surface area contributed by atoms with Gasteiger partial charge in [-0.15, -0.1) is 0 Å². The summed E-state index contributed by atoms with van der Waals surface area (Å²) in [6, 6.07) is 2.75. The zero-order valence-electron chi connectivity index (χ0n) is 9.67. The van der Waals surface area contributed by atoms with E-state index in [0.717, 1.165) is 0 Å². The van der Waals surface area contributed by atoms with Crippen LogP contribution >= 0.6 is 11.6 Å². The van der Waals surface area contributed by atoms with Crippen molar-refractivity contribution in [2.75, 3.05) is 26.2 Å². The molecule has 0 bridgehead atoms. The molecule has 1 saturated heterocycles. The van der Waals surface area contributed by atoms with Crippen molar-refractivity contribution in [3.63, 3.8) is 0 Å². The quantitative estimate of drug-likeness (QED) is 0.914. The molecule has 1 fully saturated rings. The molecule has 1 atom stereocenters. The Morgan fingerprint density at radius 1 is 1.22 bits per heavy atom. The van der Waals surface area contributed by atoms with E-state index >= 15 is 0 Å². The van der Waals surface area contributed by atoms with Gasteiger partial charge in [0.25, 0.3) is 6.43 Å². The molecule has 100 valence electrons. The van der Waals surface area contributed by atoms with Crippen molar-refractivity contribution in [1.82, 2.24) is 10.2 Å². The number of alkyl halides is 2. The van der Waals surface area contributed by atoms with Gasteiger partial charge < -0.3 is 5.32 Å². The fraction of sp³-hybridized carbons (Fsp3) is 0.500. The van der Waals surface area contributed by atoms with Crippen molar-refractivity contribution in [3.8, 4) is 0 Å². The van der Waals surface area contributed by atoms with E-state index in [-0.39, 0.29) is 10.6 Å². The molecule has 1 aliphatic heterocycles. The van der Waals surface area contributed by atoms with Gasteiger partial charge in [-0.05, 0) is 12.1 Å². The summed E-state index contributed by atoms with van der Waals surface area (Å²) in [5, 5.41) is 3.13. The van der Waals surface area contributed by atoms with Gasteiger partial charge in [0, 0.05) is 36.8 Å². The highest BCUT2D eigenvalue weighted by atomic mass is 35.5. The predicted molar refractivity (Wildman–Crippen MR) is 64.6 cm³/mol. The summed E-state index contributed by atoms with van der Waals surface area (Å²) in [6.45, 7) is 2.16. The standard InChI is InChI=1S/C12H14ClF3N2/c13-8-2-1-3-9(14)10(8)11(12(15)16)18-6-4-17-5-7-18/h1-3,11-12,17H,4-7H2/t11-/m1/s1. The Kier molecular flexibility index (Phi) is 4.48. The lowest BCUT2D eigenvalue weighted by Gasteiger charge is -2.35. The average Bonchev–Trinajstić information content (AvgIpc) is 2.34. The van der Waals surface area contributed by atoms with Gasteiger partial charge in [0.2, 0.25) is 0 Å². The summed E-state index contributed by atoms with van der Waals surface area (Å²) in [5.41, 5.74) is -0.101. The van der Waals surface area contributed by atoms with Crippen LogP contribution in [0, 0.1) is 5.82 Å². The van der Waals surface area contributed by atoms with E-state index in [0.29, 0.717) is 26.2 Å². The van der Waals surface area contributed by atoms with Gasteiger partial charge in [0.1, 0.15) is 11.9 Å². The molecule has 0 amide bonds. The van der Waals surface area contributed by atoms with Crippen molar-refractivity contribution < 1.29 is 13.2 Å². The number of nitrogens with one attached hydrogen (secondary N) is 1. The minimum atomic E-state index is -2.67. The molecule has 18 heavy (non-hydrogen) atoms. The van der Waals surface area contributed by atoms with Crippen LogP contribution < -0.4 is 5.32 Å². The Morgan fingerprint density at radius 2 is 1.89 bits per heavy atom. The third kappa shape index (κ3) is 2.79. The van der Waals surface area contributed by atoms with Gasteiger partial charge in [0.05, 0.1) is 0 Å². The normalized spacial score (nSPS) is 19.2. The first-order valence-electron chi connectivity index (χ1n) is 5.78. The second-order valence-corrected chi connectivity index (χ2v) is 4.61. The van der Waals surface area contributed by atoms with Gasteiger partial charge >= 0.3 is 0 Å². The number of nitrogens with zero attached hydrogens (tertiary/aromatic N) is 1. The summed E-state index contributed by atoms with van der Waals surface area (Å²) in [5.74, 6) is -0.675. The fourth-order valence-electron chi connectivity index (χ4n) is 2.22. The second-order valence-electron chi connectivity index (χ2n) is 4.20. The largest absolute Gasteiger partial charge is 0.314 e. The molecule has 1 aromatic carbocycles. The third-order valence-electron chi connectivity index (χ3n) is 3.08. The van der Waals surface area contributed by atoms with Gasteiger partial charge in [-0.2, -0.15) is 0 Å². The molecule has 0 spiro atoms. The SMILES string of the molecule is Fc1cccc(Cl)c1[C@H](C(F)F)N1CCNCC1. The maximum absolute atomic E-state index is 13.8. The molecular formula is C12H14ClF3N2. The van der Waals surface area contributed by atoms with Gasteiger partial charge in [-0.3, -0.25) is 4.90 Å². The molecule has 1 N–H and O–H groups in total. The van der Waals surface area contributed by atoms with E-state index < -0.39 is 18.3 Å². The summed E-state index contributed by atoms with van der Waals surface area (Å²) < 4.78 is 40.2. The van der Waals surface area contributed by atoms with Crippen molar-refractivity contribution in [2.45, 2.75) is 12.5 Å². The molecule has 1 aliphatic rings. The zero-order chi connectivity index (χ0) is 13.1. The second kappa shape index (κ2) is 5.91. The molecule has 0 unspecified atom stereocenters. The van der Waals surface area contributed by atoms with Crippen molar-refractivity contribution in [3.05, 3.63) is 34.6 Å². The van der Waals surface area contributed by atoms with Crippen LogP contribution in [0.4, 0.5) is 13.2 Å². The molecule has 0 radical (unpaired) electrons. The first-order chi connectivity index (χ1) is 8.61. The Balaban J connectivity index is 2.34. The number of piperazine rings is 1. The van der Waals surface area contributed by atoms with Crippen molar-refractivity contribution >= 4 is 11.6 Å². The van der Waals surface area contributed by atoms with Crippen molar-refractivity contribution in [2.24, 2.45) is 0 Å². The van der Waals surface area contributed by atoms with E-state index in [2.05, 4.69) is 5.32 Å². The monoisotopic (exact) mass is 278 g/mol. The van der Waals surface area contributed by atoms with Crippen LogP contribution in [0.1, 0.15) is 11.6 Å². The zero-order valence-corrected chi connectivity index (χ0v) is 10.4. The fourth-order valence-corrected chi connectivity index (χ4v) is 2.50. The summed E-state index contributed by atoms with van der Waals surface area (Å²) in [4.78, 5) is 1.57. The predicted octanol–water partition coefficient (Wildman–Crippen LogP) is 2.69. The first kappa shape index (κ1) is 13.6. The molecule has 2 nitrogen and oxygen atoms in total. The molecule has 1 heterocycles. The minimum absolute atomic E-state index is 0.0545. The Hall–Kier alpha value is -0.780. The summed E-state index contributed by atoms with van der Waals surface area (Å²) in [7, 11) is 0. The number of benzene rings is 1. The number of halogens is 4. The Bertz CT molecular complexity index is 388. The molecule has 0 aliphatic carbocycles. The molecule has 2 rings (SSSR count). The molecule has 1 aromatic rings. The van der Waals surface area contributed by atoms with Crippen LogP contribution in [-0.4, -0.2) is 37.5 Å². The van der Waals surface area contributed by atoms with E-state index in [4.69, 9.17) is 11.6 Å². The molecular weight excluding hydrogens is 265 g/mol. The van der Waals surface area contributed by atoms with Crippen LogP contribution in [0.25, 0.3) is 0 Å². The van der Waals surface area contributed by atoms with E-state index in [9.17, 15) is 13.2 Å². The summed E-state index contributed by atoms with van der Waals surface area (Å²) in [6.07, 6.45) is -2.67. The smallest absolute Gasteiger partial charge is 0.258 e. The Morgan fingerprint density at radius 3 is 2.44 bits per heavy atom. The minimum Gasteiger partial charge on any atom is -0.314 e. The molecule has 6 heteroatoms. The number of hydrogen-bond acceptors (Lipinski definition) is 2. The van der Waals surface area contributed by atoms with E-state index in [1.54, 1.807) is 4.90 Å². The van der Waals surface area contributed by atoms with Gasteiger partial charge in [-0.25, -0.2) is 13.2 Å². The third-order valence-corrected chi connectivity index (χ3v) is 3.41.